The Labute approximate surface area is 174 Å². The second-order valence-electron chi connectivity index (χ2n) is 8.64. The van der Waals surface area contributed by atoms with Gasteiger partial charge < -0.3 is 10.2 Å². The maximum absolute atomic E-state index is 12.6. The number of carbonyl (C=O) groups is 1. The van der Waals surface area contributed by atoms with Gasteiger partial charge >= 0.3 is 0 Å². The minimum Gasteiger partial charge on any atom is -0.374 e. The molecule has 0 radical (unpaired) electrons. The smallest absolute Gasteiger partial charge is 0.224 e. The molecule has 1 saturated heterocycles. The van der Waals surface area contributed by atoms with Crippen molar-refractivity contribution in [2.75, 3.05) is 38.1 Å². The number of carbonyl (C=O) groups excluding carboxylic acids is 1. The highest BCUT2D eigenvalue weighted by Crippen LogP contribution is 2.31. The van der Waals surface area contributed by atoms with Crippen LogP contribution in [0.3, 0.4) is 0 Å². The zero-order valence-corrected chi connectivity index (χ0v) is 17.8. The van der Waals surface area contributed by atoms with E-state index < -0.39 is 0 Å². The largest absolute Gasteiger partial charge is 0.374 e. The lowest BCUT2D eigenvalue weighted by Crippen LogP contribution is -2.37. The molecular formula is C25H33N3O. The van der Waals surface area contributed by atoms with E-state index in [1.165, 1.54) is 41.6 Å². The van der Waals surface area contributed by atoms with E-state index in [1.807, 2.05) is 12.1 Å². The van der Waals surface area contributed by atoms with Gasteiger partial charge in [0.25, 0.3) is 0 Å². The quantitative estimate of drug-likeness (QED) is 0.812. The number of likely N-dealkylation sites (tertiary alicyclic amines) is 1. The number of benzene rings is 2. The van der Waals surface area contributed by atoms with Gasteiger partial charge in [0.2, 0.25) is 5.91 Å². The van der Waals surface area contributed by atoms with Crippen LogP contribution in [0, 0.1) is 6.92 Å². The Bertz CT molecular complexity index is 857. The molecular weight excluding hydrogens is 358 g/mol. The number of hydrogen-bond acceptors (Lipinski definition) is 3. The summed E-state index contributed by atoms with van der Waals surface area (Å²) in [5, 5.41) is 3.22. The molecule has 0 bridgehead atoms. The summed E-state index contributed by atoms with van der Waals surface area (Å²) in [4.78, 5) is 17.5. The summed E-state index contributed by atoms with van der Waals surface area (Å²) in [6.45, 7) is 6.12. The number of anilines is 1. The first-order chi connectivity index (χ1) is 14.1. The Morgan fingerprint density at radius 1 is 1.07 bits per heavy atom. The van der Waals surface area contributed by atoms with Crippen LogP contribution in [0.1, 0.15) is 47.6 Å². The number of rotatable bonds is 6. The Kier molecular flexibility index (Phi) is 6.19. The Hall–Kier alpha value is -2.33. The molecule has 4 nitrogen and oxygen atoms in total. The number of amides is 1. The molecule has 2 heterocycles. The molecule has 0 spiro atoms. The van der Waals surface area contributed by atoms with Gasteiger partial charge in [-0.1, -0.05) is 42.0 Å². The van der Waals surface area contributed by atoms with Crippen LogP contribution in [-0.2, 0) is 17.6 Å². The first-order valence-corrected chi connectivity index (χ1v) is 11.0. The molecule has 0 aromatic heterocycles. The van der Waals surface area contributed by atoms with Gasteiger partial charge in [-0.2, -0.15) is 0 Å². The minimum absolute atomic E-state index is 0.109. The van der Waals surface area contributed by atoms with Crippen LogP contribution in [-0.4, -0.2) is 44.0 Å². The Morgan fingerprint density at radius 3 is 2.69 bits per heavy atom. The lowest BCUT2D eigenvalue weighted by Gasteiger charge is -2.32. The number of fused-ring (bicyclic) bond motifs is 1. The minimum atomic E-state index is 0.109. The van der Waals surface area contributed by atoms with Gasteiger partial charge in [-0.3, -0.25) is 9.69 Å². The lowest BCUT2D eigenvalue weighted by molar-refractivity contribution is -0.120. The maximum atomic E-state index is 12.6. The molecule has 0 aliphatic carbocycles. The van der Waals surface area contributed by atoms with Crippen molar-refractivity contribution in [3.8, 4) is 0 Å². The van der Waals surface area contributed by atoms with Crippen molar-refractivity contribution in [3.05, 3.63) is 64.7 Å². The van der Waals surface area contributed by atoms with Crippen molar-refractivity contribution in [3.63, 3.8) is 0 Å². The van der Waals surface area contributed by atoms with Crippen LogP contribution in [0.5, 0.6) is 0 Å². The van der Waals surface area contributed by atoms with Crippen LogP contribution in [0.2, 0.25) is 0 Å². The molecule has 4 heteroatoms. The molecule has 0 unspecified atom stereocenters. The van der Waals surface area contributed by atoms with E-state index in [-0.39, 0.29) is 11.9 Å². The van der Waals surface area contributed by atoms with Crippen molar-refractivity contribution in [2.24, 2.45) is 0 Å². The fourth-order valence-electron chi connectivity index (χ4n) is 4.80. The Balaban J connectivity index is 1.47. The highest BCUT2D eigenvalue weighted by atomic mass is 16.1. The van der Waals surface area contributed by atoms with Gasteiger partial charge in [-0.25, -0.2) is 0 Å². The molecule has 1 fully saturated rings. The van der Waals surface area contributed by atoms with Crippen LogP contribution in [0.15, 0.2) is 42.5 Å². The van der Waals surface area contributed by atoms with Crippen molar-refractivity contribution >= 4 is 11.6 Å². The molecule has 2 aromatic rings. The van der Waals surface area contributed by atoms with E-state index in [0.29, 0.717) is 13.0 Å². The number of nitrogens with zero attached hydrogens (tertiary/aromatic N) is 2. The second kappa shape index (κ2) is 9.00. The highest BCUT2D eigenvalue weighted by Gasteiger charge is 2.25. The molecule has 1 atom stereocenters. The van der Waals surface area contributed by atoms with E-state index in [0.717, 1.165) is 31.6 Å². The van der Waals surface area contributed by atoms with E-state index in [9.17, 15) is 4.79 Å². The molecule has 1 amide bonds. The topological polar surface area (TPSA) is 35.6 Å². The molecule has 1 N–H and O–H groups in total. The van der Waals surface area contributed by atoms with Gasteiger partial charge in [0.15, 0.2) is 0 Å². The first-order valence-electron chi connectivity index (χ1n) is 11.0. The van der Waals surface area contributed by atoms with Gasteiger partial charge in [-0.05, 0) is 68.5 Å². The van der Waals surface area contributed by atoms with Gasteiger partial charge in [-0.15, -0.1) is 0 Å². The predicted molar refractivity (Wildman–Crippen MR) is 119 cm³/mol. The van der Waals surface area contributed by atoms with E-state index in [4.69, 9.17) is 0 Å². The zero-order valence-electron chi connectivity index (χ0n) is 17.8. The third kappa shape index (κ3) is 4.81. The van der Waals surface area contributed by atoms with Crippen molar-refractivity contribution in [2.45, 2.75) is 45.1 Å². The average molecular weight is 392 g/mol. The third-order valence-corrected chi connectivity index (χ3v) is 6.36. The van der Waals surface area contributed by atoms with Crippen LogP contribution in [0.4, 0.5) is 5.69 Å². The molecule has 2 aliphatic rings. The first kappa shape index (κ1) is 20.0. The summed E-state index contributed by atoms with van der Waals surface area (Å²) < 4.78 is 0. The summed E-state index contributed by atoms with van der Waals surface area (Å²) in [5.74, 6) is 0.109. The number of aryl methyl sites for hydroxylation is 2. The second-order valence-corrected chi connectivity index (χ2v) is 8.64. The van der Waals surface area contributed by atoms with Crippen LogP contribution in [0.25, 0.3) is 0 Å². The molecule has 29 heavy (non-hydrogen) atoms. The van der Waals surface area contributed by atoms with Gasteiger partial charge in [0, 0.05) is 25.8 Å². The van der Waals surface area contributed by atoms with Crippen molar-refractivity contribution in [1.29, 1.82) is 0 Å². The lowest BCUT2D eigenvalue weighted by atomic mass is 9.96. The summed E-state index contributed by atoms with van der Waals surface area (Å²) >= 11 is 0. The SMILES string of the molecule is Cc1cccc(CC(=O)NC[C@H](c2ccc3c(c2)CCCN3C)N2CCCC2)c1. The van der Waals surface area contributed by atoms with Crippen molar-refractivity contribution in [1.82, 2.24) is 10.2 Å². The molecule has 2 aliphatic heterocycles. The van der Waals surface area contributed by atoms with Crippen LogP contribution >= 0.6 is 0 Å². The standard InChI is InChI=1S/C25H33N3O/c1-19-7-5-8-20(15-19)16-25(29)26-18-24(28-13-3-4-14-28)22-10-11-23-21(17-22)9-6-12-27(23)2/h5,7-8,10-11,15,17,24H,3-4,6,9,12-14,16,18H2,1-2H3,(H,26,29)/t24-/m1/s1. The molecule has 154 valence electrons. The Morgan fingerprint density at radius 2 is 1.90 bits per heavy atom. The summed E-state index contributed by atoms with van der Waals surface area (Å²) in [6.07, 6.45) is 5.32. The number of hydrogen-bond donors (Lipinski definition) is 1. The summed E-state index contributed by atoms with van der Waals surface area (Å²) in [5.41, 5.74) is 6.44. The molecule has 2 aromatic carbocycles. The average Bonchev–Trinajstić information content (AvgIpc) is 3.23. The highest BCUT2D eigenvalue weighted by molar-refractivity contribution is 5.78. The molecule has 4 rings (SSSR count). The van der Waals surface area contributed by atoms with Gasteiger partial charge in [0.1, 0.15) is 0 Å². The fourth-order valence-corrected chi connectivity index (χ4v) is 4.80. The zero-order chi connectivity index (χ0) is 20.2. The summed E-state index contributed by atoms with van der Waals surface area (Å²) in [7, 11) is 2.18. The van der Waals surface area contributed by atoms with Crippen molar-refractivity contribution < 1.29 is 4.79 Å². The van der Waals surface area contributed by atoms with E-state index in [1.54, 1.807) is 0 Å². The van der Waals surface area contributed by atoms with Crippen LogP contribution < -0.4 is 10.2 Å². The third-order valence-electron chi connectivity index (χ3n) is 6.36. The molecule has 0 saturated carbocycles. The van der Waals surface area contributed by atoms with E-state index in [2.05, 4.69) is 59.4 Å². The predicted octanol–water partition coefficient (Wildman–Crippen LogP) is 3.87. The fraction of sp³-hybridized carbons (Fsp3) is 0.480. The normalized spacial score (nSPS) is 17.8. The van der Waals surface area contributed by atoms with E-state index >= 15 is 0 Å². The summed E-state index contributed by atoms with van der Waals surface area (Å²) in [6, 6.07) is 15.4. The monoisotopic (exact) mass is 391 g/mol. The maximum Gasteiger partial charge on any atom is 0.224 e. The number of nitrogens with one attached hydrogen (secondary N) is 1. The van der Waals surface area contributed by atoms with Gasteiger partial charge in [0.05, 0.1) is 12.5 Å².